The SMILES string of the molecule is CC1OCCC1C(=O)NCCCc1ncn[nH]1. The molecule has 1 aromatic rings. The summed E-state index contributed by atoms with van der Waals surface area (Å²) in [6.45, 7) is 3.31. The molecule has 0 aliphatic carbocycles. The van der Waals surface area contributed by atoms with E-state index in [0.717, 1.165) is 25.1 Å². The monoisotopic (exact) mass is 238 g/mol. The van der Waals surface area contributed by atoms with Crippen LogP contribution in [0.5, 0.6) is 0 Å². The van der Waals surface area contributed by atoms with Crippen LogP contribution in [0.4, 0.5) is 0 Å². The lowest BCUT2D eigenvalue weighted by Crippen LogP contribution is -2.34. The Kier molecular flexibility index (Phi) is 4.08. The Balaban J connectivity index is 1.63. The van der Waals surface area contributed by atoms with Gasteiger partial charge >= 0.3 is 0 Å². The second-order valence-electron chi connectivity index (χ2n) is 4.30. The Morgan fingerprint density at radius 2 is 2.59 bits per heavy atom. The predicted octanol–water partition coefficient (Wildman–Crippen LogP) is 0.278. The number of nitrogens with zero attached hydrogens (tertiary/aromatic N) is 2. The first-order valence-corrected chi connectivity index (χ1v) is 6.01. The van der Waals surface area contributed by atoms with Crippen molar-refractivity contribution in [2.45, 2.75) is 32.3 Å². The third-order valence-electron chi connectivity index (χ3n) is 3.07. The maximum Gasteiger partial charge on any atom is 0.225 e. The highest BCUT2D eigenvalue weighted by Crippen LogP contribution is 2.20. The van der Waals surface area contributed by atoms with Crippen LogP contribution in [0, 0.1) is 5.92 Å². The van der Waals surface area contributed by atoms with Gasteiger partial charge in [0.2, 0.25) is 5.91 Å². The van der Waals surface area contributed by atoms with Crippen molar-refractivity contribution in [3.8, 4) is 0 Å². The summed E-state index contributed by atoms with van der Waals surface area (Å²) in [5.41, 5.74) is 0. The largest absolute Gasteiger partial charge is 0.378 e. The Hall–Kier alpha value is -1.43. The lowest BCUT2D eigenvalue weighted by molar-refractivity contribution is -0.126. The molecule has 1 aliphatic rings. The molecule has 1 saturated heterocycles. The van der Waals surface area contributed by atoms with E-state index < -0.39 is 0 Å². The zero-order valence-corrected chi connectivity index (χ0v) is 9.98. The number of carbonyl (C=O) groups excluding carboxylic acids is 1. The summed E-state index contributed by atoms with van der Waals surface area (Å²) in [6, 6.07) is 0. The molecule has 0 spiro atoms. The Labute approximate surface area is 100 Å². The van der Waals surface area contributed by atoms with Gasteiger partial charge in [-0.3, -0.25) is 9.89 Å². The van der Waals surface area contributed by atoms with E-state index in [1.807, 2.05) is 6.92 Å². The number of hydrogen-bond acceptors (Lipinski definition) is 4. The molecular formula is C11H18N4O2. The summed E-state index contributed by atoms with van der Waals surface area (Å²) in [5, 5.41) is 9.50. The molecule has 2 heterocycles. The molecular weight excluding hydrogens is 220 g/mol. The standard InChI is InChI=1S/C11H18N4O2/c1-8-9(4-6-17-8)11(16)12-5-2-3-10-13-7-14-15-10/h7-9H,2-6H2,1H3,(H,12,16)(H,13,14,15). The van der Waals surface area contributed by atoms with Crippen LogP contribution in [0.1, 0.15) is 25.6 Å². The molecule has 6 nitrogen and oxygen atoms in total. The lowest BCUT2D eigenvalue weighted by atomic mass is 10.0. The van der Waals surface area contributed by atoms with Gasteiger partial charge in [-0.05, 0) is 19.8 Å². The zero-order valence-electron chi connectivity index (χ0n) is 9.98. The second-order valence-corrected chi connectivity index (χ2v) is 4.30. The van der Waals surface area contributed by atoms with Gasteiger partial charge < -0.3 is 10.1 Å². The number of rotatable bonds is 5. The highest BCUT2D eigenvalue weighted by Gasteiger charge is 2.30. The number of hydrogen-bond donors (Lipinski definition) is 2. The van der Waals surface area contributed by atoms with Crippen molar-refractivity contribution >= 4 is 5.91 Å². The van der Waals surface area contributed by atoms with Gasteiger partial charge in [-0.2, -0.15) is 5.10 Å². The predicted molar refractivity (Wildman–Crippen MR) is 61.2 cm³/mol. The average Bonchev–Trinajstić information content (AvgIpc) is 2.95. The molecule has 1 fully saturated rings. The molecule has 2 rings (SSSR count). The second kappa shape index (κ2) is 5.77. The number of H-pyrrole nitrogens is 1. The summed E-state index contributed by atoms with van der Waals surface area (Å²) in [7, 11) is 0. The summed E-state index contributed by atoms with van der Waals surface area (Å²) in [5.74, 6) is 0.977. The van der Waals surface area contributed by atoms with Crippen LogP contribution < -0.4 is 5.32 Å². The van der Waals surface area contributed by atoms with Crippen LogP contribution in [0.25, 0.3) is 0 Å². The number of ether oxygens (including phenoxy) is 1. The number of aryl methyl sites for hydroxylation is 1. The molecule has 1 aromatic heterocycles. The molecule has 0 saturated carbocycles. The molecule has 1 aliphatic heterocycles. The van der Waals surface area contributed by atoms with Crippen molar-refractivity contribution in [2.75, 3.05) is 13.2 Å². The number of carbonyl (C=O) groups is 1. The molecule has 0 bridgehead atoms. The molecule has 2 atom stereocenters. The normalized spacial score (nSPS) is 23.8. The first-order chi connectivity index (χ1) is 8.27. The van der Waals surface area contributed by atoms with Gasteiger partial charge in [0.05, 0.1) is 12.0 Å². The van der Waals surface area contributed by atoms with Crippen LogP contribution in [-0.2, 0) is 16.0 Å². The zero-order chi connectivity index (χ0) is 12.1. The minimum atomic E-state index is 0.0141. The first kappa shape index (κ1) is 12.0. The van der Waals surface area contributed by atoms with Crippen molar-refractivity contribution in [1.82, 2.24) is 20.5 Å². The maximum atomic E-state index is 11.8. The van der Waals surface area contributed by atoms with Crippen LogP contribution in [0.3, 0.4) is 0 Å². The van der Waals surface area contributed by atoms with E-state index in [4.69, 9.17) is 4.74 Å². The quantitative estimate of drug-likeness (QED) is 0.722. The van der Waals surface area contributed by atoms with Gasteiger partial charge in [0.15, 0.2) is 0 Å². The van der Waals surface area contributed by atoms with Crippen molar-refractivity contribution < 1.29 is 9.53 Å². The van der Waals surface area contributed by atoms with Gasteiger partial charge in [0, 0.05) is 19.6 Å². The van der Waals surface area contributed by atoms with E-state index >= 15 is 0 Å². The van der Waals surface area contributed by atoms with E-state index in [2.05, 4.69) is 20.5 Å². The van der Waals surface area contributed by atoms with E-state index in [1.165, 1.54) is 6.33 Å². The van der Waals surface area contributed by atoms with Gasteiger partial charge in [-0.1, -0.05) is 0 Å². The lowest BCUT2D eigenvalue weighted by Gasteiger charge is -2.13. The van der Waals surface area contributed by atoms with Gasteiger partial charge in [-0.25, -0.2) is 4.98 Å². The molecule has 0 radical (unpaired) electrons. The fourth-order valence-corrected chi connectivity index (χ4v) is 2.03. The number of aromatic amines is 1. The summed E-state index contributed by atoms with van der Waals surface area (Å²) in [6.07, 6.45) is 4.03. The Morgan fingerprint density at radius 1 is 1.71 bits per heavy atom. The van der Waals surface area contributed by atoms with Crippen molar-refractivity contribution in [3.63, 3.8) is 0 Å². The van der Waals surface area contributed by atoms with Gasteiger partial charge in [0.25, 0.3) is 0 Å². The molecule has 0 aromatic carbocycles. The molecule has 2 N–H and O–H groups in total. The van der Waals surface area contributed by atoms with Crippen molar-refractivity contribution in [2.24, 2.45) is 5.92 Å². The number of aromatic nitrogens is 3. The Bertz CT molecular complexity index is 352. The molecule has 1 amide bonds. The fraction of sp³-hybridized carbons (Fsp3) is 0.727. The van der Waals surface area contributed by atoms with Crippen LogP contribution in [0.2, 0.25) is 0 Å². The minimum absolute atomic E-state index is 0.0141. The smallest absolute Gasteiger partial charge is 0.225 e. The molecule has 2 unspecified atom stereocenters. The van der Waals surface area contributed by atoms with Crippen LogP contribution in [-0.4, -0.2) is 40.3 Å². The number of amides is 1. The van der Waals surface area contributed by atoms with Crippen molar-refractivity contribution in [1.29, 1.82) is 0 Å². The van der Waals surface area contributed by atoms with E-state index in [1.54, 1.807) is 0 Å². The highest BCUT2D eigenvalue weighted by molar-refractivity contribution is 5.79. The van der Waals surface area contributed by atoms with E-state index in [-0.39, 0.29) is 17.9 Å². The third kappa shape index (κ3) is 3.26. The molecule has 94 valence electrons. The number of nitrogens with one attached hydrogen (secondary N) is 2. The van der Waals surface area contributed by atoms with E-state index in [9.17, 15) is 4.79 Å². The van der Waals surface area contributed by atoms with Gasteiger partial charge in [0.1, 0.15) is 12.2 Å². The summed E-state index contributed by atoms with van der Waals surface area (Å²) in [4.78, 5) is 15.8. The summed E-state index contributed by atoms with van der Waals surface area (Å²) < 4.78 is 5.37. The first-order valence-electron chi connectivity index (χ1n) is 6.01. The minimum Gasteiger partial charge on any atom is -0.378 e. The topological polar surface area (TPSA) is 79.9 Å². The Morgan fingerprint density at radius 3 is 3.24 bits per heavy atom. The summed E-state index contributed by atoms with van der Waals surface area (Å²) >= 11 is 0. The van der Waals surface area contributed by atoms with Crippen LogP contribution >= 0.6 is 0 Å². The highest BCUT2D eigenvalue weighted by atomic mass is 16.5. The molecule has 17 heavy (non-hydrogen) atoms. The average molecular weight is 238 g/mol. The molecule has 6 heteroatoms. The van der Waals surface area contributed by atoms with Crippen molar-refractivity contribution in [3.05, 3.63) is 12.2 Å². The van der Waals surface area contributed by atoms with E-state index in [0.29, 0.717) is 13.2 Å². The fourth-order valence-electron chi connectivity index (χ4n) is 2.03. The third-order valence-corrected chi connectivity index (χ3v) is 3.07. The van der Waals surface area contributed by atoms with Crippen LogP contribution in [0.15, 0.2) is 6.33 Å². The maximum absolute atomic E-state index is 11.8. The van der Waals surface area contributed by atoms with Gasteiger partial charge in [-0.15, -0.1) is 0 Å².